The zero-order valence-electron chi connectivity index (χ0n) is 16.8. The number of carboxylic acids is 1. The summed E-state index contributed by atoms with van der Waals surface area (Å²) in [7, 11) is 1.93. The largest absolute Gasteiger partial charge is 0.481 e. The van der Waals surface area contributed by atoms with Crippen molar-refractivity contribution in [2.24, 2.45) is 13.0 Å². The maximum Gasteiger partial charge on any atom is 0.303 e. The number of carboxylic acid groups (broad SMARTS) is 1. The molecule has 0 aliphatic carbocycles. The van der Waals surface area contributed by atoms with Crippen LogP contribution in [0.5, 0.6) is 0 Å². The number of morpholine rings is 1. The number of nitrogens with zero attached hydrogens (tertiary/aromatic N) is 6. The van der Waals surface area contributed by atoms with Crippen LogP contribution in [-0.4, -0.2) is 81.2 Å². The molecule has 0 aromatic carbocycles. The molecule has 0 spiro atoms. The van der Waals surface area contributed by atoms with E-state index in [-0.39, 0.29) is 12.3 Å². The van der Waals surface area contributed by atoms with Gasteiger partial charge in [0.05, 0.1) is 13.2 Å². The molecule has 0 saturated carbocycles. The van der Waals surface area contributed by atoms with Crippen LogP contribution in [0.2, 0.25) is 0 Å². The van der Waals surface area contributed by atoms with Crippen molar-refractivity contribution in [3.05, 3.63) is 24.5 Å². The smallest absolute Gasteiger partial charge is 0.303 e. The minimum absolute atomic E-state index is 0.198. The number of rotatable bonds is 6. The van der Waals surface area contributed by atoms with Gasteiger partial charge in [-0.05, 0) is 30.9 Å². The van der Waals surface area contributed by atoms with Gasteiger partial charge in [-0.1, -0.05) is 0 Å². The van der Waals surface area contributed by atoms with Gasteiger partial charge in [-0.15, -0.1) is 10.2 Å². The molecule has 1 N–H and O–H groups in total. The number of piperidine rings is 1. The molecule has 4 heterocycles. The van der Waals surface area contributed by atoms with Crippen LogP contribution in [0.4, 0.5) is 5.82 Å². The average Bonchev–Trinajstić information content (AvgIpc) is 3.18. The highest BCUT2D eigenvalue weighted by Gasteiger charge is 2.34. The molecule has 0 amide bonds. The van der Waals surface area contributed by atoms with Crippen molar-refractivity contribution in [2.45, 2.75) is 25.3 Å². The van der Waals surface area contributed by atoms with E-state index in [2.05, 4.69) is 25.0 Å². The van der Waals surface area contributed by atoms with Crippen LogP contribution in [0, 0.1) is 5.92 Å². The minimum atomic E-state index is -0.734. The molecule has 0 radical (unpaired) electrons. The molecule has 2 saturated heterocycles. The maximum atomic E-state index is 11.2. The van der Waals surface area contributed by atoms with Crippen molar-refractivity contribution in [2.75, 3.05) is 44.3 Å². The molecule has 2 aliphatic heterocycles. The first-order chi connectivity index (χ1) is 14.1. The normalized spacial score (nSPS) is 23.3. The van der Waals surface area contributed by atoms with Crippen molar-refractivity contribution in [1.29, 1.82) is 0 Å². The monoisotopic (exact) mass is 400 g/mol. The fourth-order valence-electron chi connectivity index (χ4n) is 4.44. The average molecular weight is 400 g/mol. The number of carbonyl (C=O) groups is 1. The zero-order chi connectivity index (χ0) is 20.2. The molecule has 9 nitrogen and oxygen atoms in total. The van der Waals surface area contributed by atoms with Gasteiger partial charge < -0.3 is 19.3 Å². The molecule has 2 aliphatic rings. The Bertz CT molecular complexity index is 818. The quantitative estimate of drug-likeness (QED) is 0.774. The van der Waals surface area contributed by atoms with Crippen molar-refractivity contribution >= 4 is 11.8 Å². The number of aryl methyl sites for hydroxylation is 1. The van der Waals surface area contributed by atoms with Crippen molar-refractivity contribution < 1.29 is 14.6 Å². The summed E-state index contributed by atoms with van der Waals surface area (Å²) < 4.78 is 7.41. The molecular formula is C20H28N6O3. The number of hydrogen-bond donors (Lipinski definition) is 1. The van der Waals surface area contributed by atoms with Crippen LogP contribution in [0.1, 0.15) is 19.3 Å². The van der Waals surface area contributed by atoms with E-state index in [9.17, 15) is 9.90 Å². The van der Waals surface area contributed by atoms with Gasteiger partial charge in [-0.2, -0.15) is 0 Å². The van der Waals surface area contributed by atoms with Gasteiger partial charge in [0.1, 0.15) is 5.69 Å². The third-order valence-corrected chi connectivity index (χ3v) is 5.96. The van der Waals surface area contributed by atoms with Crippen LogP contribution >= 0.6 is 0 Å². The summed E-state index contributed by atoms with van der Waals surface area (Å²) in [5.41, 5.74) is 0.742. The molecule has 156 valence electrons. The summed E-state index contributed by atoms with van der Waals surface area (Å²) in [5.74, 6) is 1.18. The SMILES string of the molecule is Cn1ccnc1-c1ccc(N2CC[C@H](N3CCOCC3)[C@H](CCC(=O)O)C2)nn1. The number of hydrogen-bond acceptors (Lipinski definition) is 7. The van der Waals surface area contributed by atoms with E-state index in [0.717, 1.165) is 63.1 Å². The van der Waals surface area contributed by atoms with Gasteiger partial charge in [-0.3, -0.25) is 9.69 Å². The lowest BCUT2D eigenvalue weighted by Gasteiger charge is -2.45. The van der Waals surface area contributed by atoms with Crippen LogP contribution < -0.4 is 4.90 Å². The summed E-state index contributed by atoms with van der Waals surface area (Å²) in [6.45, 7) is 5.05. The Balaban J connectivity index is 1.47. The van der Waals surface area contributed by atoms with E-state index in [1.54, 1.807) is 6.20 Å². The highest BCUT2D eigenvalue weighted by Crippen LogP contribution is 2.29. The van der Waals surface area contributed by atoms with Crippen molar-refractivity contribution in [3.8, 4) is 11.5 Å². The molecule has 29 heavy (non-hydrogen) atoms. The Morgan fingerprint density at radius 3 is 2.72 bits per heavy atom. The van der Waals surface area contributed by atoms with Crippen LogP contribution in [0.25, 0.3) is 11.5 Å². The molecule has 2 fully saturated rings. The van der Waals surface area contributed by atoms with E-state index in [1.807, 2.05) is 29.9 Å². The van der Waals surface area contributed by atoms with Crippen molar-refractivity contribution in [3.63, 3.8) is 0 Å². The van der Waals surface area contributed by atoms with E-state index >= 15 is 0 Å². The topological polar surface area (TPSA) is 96.6 Å². The van der Waals surface area contributed by atoms with Gasteiger partial charge >= 0.3 is 5.97 Å². The highest BCUT2D eigenvalue weighted by molar-refractivity contribution is 5.66. The highest BCUT2D eigenvalue weighted by atomic mass is 16.5. The first-order valence-corrected chi connectivity index (χ1v) is 10.2. The molecule has 4 rings (SSSR count). The zero-order valence-corrected chi connectivity index (χ0v) is 16.8. The van der Waals surface area contributed by atoms with Crippen LogP contribution in [-0.2, 0) is 16.6 Å². The van der Waals surface area contributed by atoms with E-state index < -0.39 is 5.97 Å². The molecule has 9 heteroatoms. The first kappa shape index (κ1) is 19.8. The second kappa shape index (κ2) is 8.87. The van der Waals surface area contributed by atoms with Gasteiger partial charge in [0.2, 0.25) is 0 Å². The Morgan fingerprint density at radius 1 is 1.24 bits per heavy atom. The predicted octanol–water partition coefficient (Wildman–Crippen LogP) is 1.27. The first-order valence-electron chi connectivity index (χ1n) is 10.2. The summed E-state index contributed by atoms with van der Waals surface area (Å²) in [6.07, 6.45) is 5.49. The summed E-state index contributed by atoms with van der Waals surface area (Å²) in [4.78, 5) is 20.2. The van der Waals surface area contributed by atoms with E-state index in [1.165, 1.54) is 0 Å². The fraction of sp³-hybridized carbons (Fsp3) is 0.600. The van der Waals surface area contributed by atoms with Crippen molar-refractivity contribution in [1.82, 2.24) is 24.6 Å². The Morgan fingerprint density at radius 2 is 2.07 bits per heavy atom. The van der Waals surface area contributed by atoms with Crippen LogP contribution in [0.15, 0.2) is 24.5 Å². The Hall–Kier alpha value is -2.52. The number of imidazole rings is 1. The lowest BCUT2D eigenvalue weighted by atomic mass is 9.86. The Kier molecular flexibility index (Phi) is 6.05. The van der Waals surface area contributed by atoms with Gasteiger partial charge in [0.25, 0.3) is 0 Å². The number of anilines is 1. The number of aliphatic carboxylic acids is 1. The molecule has 2 aromatic rings. The molecule has 2 aromatic heterocycles. The number of ether oxygens (including phenoxy) is 1. The van der Waals surface area contributed by atoms with E-state index in [0.29, 0.717) is 12.5 Å². The molecule has 0 unspecified atom stereocenters. The number of aromatic nitrogens is 4. The van der Waals surface area contributed by atoms with E-state index in [4.69, 9.17) is 4.74 Å². The fourth-order valence-corrected chi connectivity index (χ4v) is 4.44. The lowest BCUT2D eigenvalue weighted by molar-refractivity contribution is -0.137. The van der Waals surface area contributed by atoms with Gasteiger partial charge in [-0.25, -0.2) is 4.98 Å². The second-order valence-corrected chi connectivity index (χ2v) is 7.78. The Labute approximate surface area is 170 Å². The third-order valence-electron chi connectivity index (χ3n) is 5.96. The molecule has 2 atom stereocenters. The summed E-state index contributed by atoms with van der Waals surface area (Å²) in [6, 6.07) is 4.33. The van der Waals surface area contributed by atoms with Gasteiger partial charge in [0.15, 0.2) is 11.6 Å². The van der Waals surface area contributed by atoms with Crippen LogP contribution in [0.3, 0.4) is 0 Å². The second-order valence-electron chi connectivity index (χ2n) is 7.78. The maximum absolute atomic E-state index is 11.2. The van der Waals surface area contributed by atoms with Gasteiger partial charge in [0, 0.05) is 58.1 Å². The summed E-state index contributed by atoms with van der Waals surface area (Å²) in [5, 5.41) is 18.0. The predicted molar refractivity (Wildman–Crippen MR) is 108 cm³/mol. The summed E-state index contributed by atoms with van der Waals surface area (Å²) >= 11 is 0. The minimum Gasteiger partial charge on any atom is -0.481 e. The standard InChI is InChI=1S/C20H28N6O3/c1-24-9-7-21-20(24)16-3-4-18(23-22-16)26-8-6-17(25-10-12-29-13-11-25)15(14-26)2-5-19(27)28/h3-4,7,9,15,17H,2,5-6,8,10-14H2,1H3,(H,27,28)/t15-,17+/m1/s1. The molecule has 0 bridgehead atoms. The third kappa shape index (κ3) is 4.56. The lowest BCUT2D eigenvalue weighted by Crippen LogP contribution is -2.54. The molecular weight excluding hydrogens is 372 g/mol.